The molecule has 0 saturated carbocycles. The van der Waals surface area contributed by atoms with Crippen LogP contribution in [-0.2, 0) is 30.3 Å². The number of carbonyl (C=O) groups is 3. The Bertz CT molecular complexity index is 1410. The Hall–Kier alpha value is -4.78. The molecule has 2 aliphatic rings. The van der Waals surface area contributed by atoms with E-state index < -0.39 is 40.6 Å². The average molecular weight is 514 g/mol. The number of amides is 1. The second-order valence-electron chi connectivity index (χ2n) is 8.89. The first kappa shape index (κ1) is 26.3. The molecule has 2 unspecified atom stereocenters. The summed E-state index contributed by atoms with van der Waals surface area (Å²) in [4.78, 5) is 41.4. The Morgan fingerprint density at radius 2 is 1.68 bits per heavy atom. The first-order valence-corrected chi connectivity index (χ1v) is 12.0. The number of ether oxygens (including phenoxy) is 2. The van der Waals surface area contributed by atoms with Crippen molar-refractivity contribution < 1.29 is 23.9 Å². The van der Waals surface area contributed by atoms with Gasteiger partial charge in [-0.25, -0.2) is 14.6 Å². The van der Waals surface area contributed by atoms with Gasteiger partial charge >= 0.3 is 11.9 Å². The fourth-order valence-corrected chi connectivity index (χ4v) is 4.99. The molecule has 0 spiro atoms. The van der Waals surface area contributed by atoms with E-state index in [0.717, 1.165) is 37.6 Å². The van der Waals surface area contributed by atoms with Gasteiger partial charge in [-0.15, -0.1) is 0 Å². The first-order chi connectivity index (χ1) is 18.3. The number of rotatable bonds is 7. The fourth-order valence-electron chi connectivity index (χ4n) is 4.99. The highest BCUT2D eigenvalue weighted by atomic mass is 16.5. The number of hydrazone groups is 1. The van der Waals surface area contributed by atoms with Crippen molar-refractivity contribution >= 4 is 40.8 Å². The number of para-hydroxylation sites is 1. The molecular formula is C28H27N5O5. The lowest BCUT2D eigenvalue weighted by molar-refractivity contribution is -0.139. The number of esters is 2. The Morgan fingerprint density at radius 3 is 2.24 bits per heavy atom. The molecular weight excluding hydrogens is 486 g/mol. The van der Waals surface area contributed by atoms with Crippen LogP contribution in [0, 0.1) is 28.1 Å². The summed E-state index contributed by atoms with van der Waals surface area (Å²) in [5, 5.41) is 25.4. The van der Waals surface area contributed by atoms with Crippen molar-refractivity contribution in [1.82, 2.24) is 0 Å². The number of hydrogen-bond acceptors (Lipinski definition) is 8. The lowest BCUT2D eigenvalue weighted by Gasteiger charge is -2.30. The second-order valence-corrected chi connectivity index (χ2v) is 8.89. The molecule has 194 valence electrons. The number of nitrogens with one attached hydrogen (secondary N) is 1. The van der Waals surface area contributed by atoms with E-state index in [1.165, 1.54) is 4.90 Å². The summed E-state index contributed by atoms with van der Waals surface area (Å²) < 4.78 is 9.99. The van der Waals surface area contributed by atoms with Gasteiger partial charge in [-0.1, -0.05) is 43.7 Å². The Kier molecular flexibility index (Phi) is 7.12. The molecule has 2 aromatic carbocycles. The maximum Gasteiger partial charge on any atom is 0.355 e. The minimum atomic E-state index is -2.22. The molecule has 4 rings (SSSR count). The zero-order chi connectivity index (χ0) is 27.6. The maximum absolute atomic E-state index is 13.8. The third kappa shape index (κ3) is 3.93. The van der Waals surface area contributed by atoms with Crippen LogP contribution in [0.25, 0.3) is 0 Å². The SMILES string of the molecule is CCCc1ccc(N2C(=N)C(C#N)(C3C(=O)N(c4ccccc4)N=C3C)C(C(=O)OC)=C2C(=O)OC)cc1. The number of methoxy groups -OCH3 is 2. The molecule has 2 aliphatic heterocycles. The Morgan fingerprint density at radius 1 is 1.05 bits per heavy atom. The predicted molar refractivity (Wildman–Crippen MR) is 140 cm³/mol. The summed E-state index contributed by atoms with van der Waals surface area (Å²) in [5.74, 6) is -4.43. The summed E-state index contributed by atoms with van der Waals surface area (Å²) in [7, 11) is 2.24. The normalized spacial score (nSPS) is 20.9. The topological polar surface area (TPSA) is 136 Å². The standard InChI is InChI=1S/C28H27N5O5/c1-5-9-18-12-14-19(15-13-18)32-23(26(36)38-4)22(25(35)37-3)28(16-29,27(32)30)21-17(2)31-33(24(21)34)20-10-7-6-8-11-20/h6-8,10-15,21,30H,5,9H2,1-4H3. The first-order valence-electron chi connectivity index (χ1n) is 12.0. The van der Waals surface area contributed by atoms with E-state index >= 15 is 0 Å². The van der Waals surface area contributed by atoms with Crippen LogP contribution < -0.4 is 9.91 Å². The number of carbonyl (C=O) groups excluding carboxylic acids is 3. The summed E-state index contributed by atoms with van der Waals surface area (Å²) in [6.45, 7) is 3.60. The van der Waals surface area contributed by atoms with E-state index in [1.807, 2.05) is 25.1 Å². The van der Waals surface area contributed by atoms with E-state index in [1.54, 1.807) is 49.4 Å². The van der Waals surface area contributed by atoms with Gasteiger partial charge in [-0.2, -0.15) is 10.4 Å². The van der Waals surface area contributed by atoms with Gasteiger partial charge in [0.25, 0.3) is 5.91 Å². The fraction of sp³-hybridized carbons (Fsp3) is 0.286. The van der Waals surface area contributed by atoms with Crippen LogP contribution in [0.5, 0.6) is 0 Å². The van der Waals surface area contributed by atoms with E-state index in [-0.39, 0.29) is 11.4 Å². The van der Waals surface area contributed by atoms with Gasteiger partial charge in [0, 0.05) is 5.69 Å². The highest BCUT2D eigenvalue weighted by molar-refractivity contribution is 6.28. The average Bonchev–Trinajstić information content (AvgIpc) is 3.38. The van der Waals surface area contributed by atoms with Crippen molar-refractivity contribution in [3.05, 3.63) is 71.4 Å². The monoisotopic (exact) mass is 513 g/mol. The smallest absolute Gasteiger partial charge is 0.355 e. The van der Waals surface area contributed by atoms with Crippen LogP contribution in [0.3, 0.4) is 0 Å². The van der Waals surface area contributed by atoms with Gasteiger partial charge in [0.1, 0.15) is 17.5 Å². The number of anilines is 2. The molecule has 0 fully saturated rings. The minimum Gasteiger partial charge on any atom is -0.466 e. The zero-order valence-electron chi connectivity index (χ0n) is 21.5. The van der Waals surface area contributed by atoms with Crippen LogP contribution in [0.1, 0.15) is 25.8 Å². The van der Waals surface area contributed by atoms with Crippen LogP contribution >= 0.6 is 0 Å². The predicted octanol–water partition coefficient (Wildman–Crippen LogP) is 3.59. The minimum absolute atomic E-state index is 0.205. The van der Waals surface area contributed by atoms with Crippen LogP contribution in [0.4, 0.5) is 11.4 Å². The Balaban J connectivity index is 1.95. The number of hydrogen-bond donors (Lipinski definition) is 1. The molecule has 1 N–H and O–H groups in total. The molecule has 0 bridgehead atoms. The van der Waals surface area contributed by atoms with Crippen molar-refractivity contribution in [1.29, 1.82) is 10.7 Å². The van der Waals surface area contributed by atoms with Gasteiger partial charge in [-0.3, -0.25) is 15.1 Å². The number of benzene rings is 2. The Labute approximate surface area is 220 Å². The van der Waals surface area contributed by atoms with Crippen molar-refractivity contribution in [3.8, 4) is 6.07 Å². The lowest BCUT2D eigenvalue weighted by Crippen LogP contribution is -2.48. The van der Waals surface area contributed by atoms with Gasteiger partial charge in [-0.05, 0) is 43.2 Å². The molecule has 0 radical (unpaired) electrons. The molecule has 2 aromatic rings. The number of nitriles is 1. The summed E-state index contributed by atoms with van der Waals surface area (Å²) in [5.41, 5.74) is -0.959. The molecule has 0 aromatic heterocycles. The molecule has 10 heteroatoms. The highest BCUT2D eigenvalue weighted by Crippen LogP contribution is 2.51. The quantitative estimate of drug-likeness (QED) is 0.559. The van der Waals surface area contributed by atoms with Crippen molar-refractivity contribution in [2.75, 3.05) is 24.1 Å². The summed E-state index contributed by atoms with van der Waals surface area (Å²) in [6, 6.07) is 17.7. The maximum atomic E-state index is 13.8. The van der Waals surface area contributed by atoms with Crippen molar-refractivity contribution in [2.45, 2.75) is 26.7 Å². The number of amidine groups is 1. The van der Waals surface area contributed by atoms with Gasteiger partial charge in [0.05, 0.1) is 37.3 Å². The van der Waals surface area contributed by atoms with Crippen molar-refractivity contribution in [3.63, 3.8) is 0 Å². The van der Waals surface area contributed by atoms with Crippen LogP contribution in [-0.4, -0.2) is 43.6 Å². The molecule has 2 heterocycles. The zero-order valence-corrected chi connectivity index (χ0v) is 21.5. The van der Waals surface area contributed by atoms with Crippen LogP contribution in [0.2, 0.25) is 0 Å². The van der Waals surface area contributed by atoms with Crippen molar-refractivity contribution in [2.24, 2.45) is 16.4 Å². The van der Waals surface area contributed by atoms with E-state index in [4.69, 9.17) is 9.47 Å². The molecule has 0 saturated heterocycles. The molecule has 2 atom stereocenters. The van der Waals surface area contributed by atoms with E-state index in [2.05, 4.69) is 5.10 Å². The highest BCUT2D eigenvalue weighted by Gasteiger charge is 2.65. The summed E-state index contributed by atoms with van der Waals surface area (Å²) >= 11 is 0. The van der Waals surface area contributed by atoms with Gasteiger partial charge < -0.3 is 9.47 Å². The molecule has 1 amide bonds. The lowest BCUT2D eigenvalue weighted by atomic mass is 9.68. The van der Waals surface area contributed by atoms with Crippen LogP contribution in [0.15, 0.2) is 71.0 Å². The van der Waals surface area contributed by atoms with E-state index in [0.29, 0.717) is 11.4 Å². The number of aryl methyl sites for hydroxylation is 1. The summed E-state index contributed by atoms with van der Waals surface area (Å²) in [6.07, 6.45) is 1.76. The molecule has 10 nitrogen and oxygen atoms in total. The second kappa shape index (κ2) is 10.3. The van der Waals surface area contributed by atoms with Gasteiger partial charge in [0.15, 0.2) is 5.41 Å². The largest absolute Gasteiger partial charge is 0.466 e. The third-order valence-electron chi connectivity index (χ3n) is 6.69. The van der Waals surface area contributed by atoms with E-state index in [9.17, 15) is 25.1 Å². The van der Waals surface area contributed by atoms with Gasteiger partial charge in [0.2, 0.25) is 0 Å². The number of nitrogens with zero attached hydrogens (tertiary/aromatic N) is 4. The molecule has 0 aliphatic carbocycles. The molecule has 38 heavy (non-hydrogen) atoms. The third-order valence-corrected chi connectivity index (χ3v) is 6.69.